The van der Waals surface area contributed by atoms with Gasteiger partial charge in [0.05, 0.1) is 31.9 Å². The van der Waals surface area contributed by atoms with E-state index in [2.05, 4.69) is 22.9 Å². The van der Waals surface area contributed by atoms with Crippen molar-refractivity contribution in [1.29, 1.82) is 0 Å². The Morgan fingerprint density at radius 2 is 2.12 bits per heavy atom. The second-order valence-electron chi connectivity index (χ2n) is 8.89. The first-order valence-corrected chi connectivity index (χ1v) is 12.6. The Morgan fingerprint density at radius 1 is 1.30 bits per heavy atom. The number of aliphatic hydroxyl groups is 1. The highest BCUT2D eigenvalue weighted by atomic mass is 32.1. The van der Waals surface area contributed by atoms with Crippen molar-refractivity contribution in [3.8, 4) is 5.75 Å². The summed E-state index contributed by atoms with van der Waals surface area (Å²) in [5, 5.41) is 12.5. The fourth-order valence-corrected chi connectivity index (χ4v) is 5.28. The summed E-state index contributed by atoms with van der Waals surface area (Å²) in [5.74, 6) is 1.53. The van der Waals surface area contributed by atoms with Gasteiger partial charge in [-0.05, 0) is 54.3 Å². The van der Waals surface area contributed by atoms with Crippen LogP contribution in [0.25, 0.3) is 0 Å². The van der Waals surface area contributed by atoms with Crippen LogP contribution in [0.1, 0.15) is 29.3 Å². The van der Waals surface area contributed by atoms with Crippen molar-refractivity contribution in [1.82, 2.24) is 9.80 Å². The maximum atomic E-state index is 13.5. The minimum Gasteiger partial charge on any atom is -0.491 e. The first-order valence-electron chi connectivity index (χ1n) is 11.8. The van der Waals surface area contributed by atoms with Crippen LogP contribution in [0.15, 0.2) is 54.4 Å². The molecule has 1 aliphatic carbocycles. The van der Waals surface area contributed by atoms with E-state index in [0.29, 0.717) is 38.8 Å². The Kier molecular flexibility index (Phi) is 8.56. The van der Waals surface area contributed by atoms with Crippen LogP contribution in [-0.4, -0.2) is 72.9 Å². The molecule has 0 spiro atoms. The highest BCUT2D eigenvalue weighted by molar-refractivity contribution is 7.10. The monoisotopic (exact) mass is 470 g/mol. The molecule has 1 fully saturated rings. The maximum absolute atomic E-state index is 13.5. The van der Waals surface area contributed by atoms with Gasteiger partial charge in [-0.15, -0.1) is 17.9 Å². The molecule has 1 amide bonds. The Balaban J connectivity index is 1.41. The van der Waals surface area contributed by atoms with E-state index in [9.17, 15) is 9.90 Å². The van der Waals surface area contributed by atoms with Crippen molar-refractivity contribution in [3.63, 3.8) is 0 Å². The van der Waals surface area contributed by atoms with E-state index in [1.165, 1.54) is 23.3 Å². The summed E-state index contributed by atoms with van der Waals surface area (Å²) in [5.41, 5.74) is 1.20. The summed E-state index contributed by atoms with van der Waals surface area (Å²) in [6, 6.07) is 11.8. The summed E-state index contributed by atoms with van der Waals surface area (Å²) in [6.45, 7) is 6.99. The van der Waals surface area contributed by atoms with Gasteiger partial charge in [-0.3, -0.25) is 9.69 Å². The second-order valence-corrected chi connectivity index (χ2v) is 9.89. The number of aliphatic hydroxyl groups excluding tert-OH is 1. The number of rotatable bonds is 13. The molecule has 2 aromatic rings. The number of carbonyl (C=O) groups excluding carboxylic acids is 1. The van der Waals surface area contributed by atoms with Crippen LogP contribution in [0.2, 0.25) is 0 Å². The van der Waals surface area contributed by atoms with Gasteiger partial charge in [0.15, 0.2) is 0 Å². The number of para-hydroxylation sites is 1. The molecule has 0 radical (unpaired) electrons. The third-order valence-corrected chi connectivity index (χ3v) is 7.15. The lowest BCUT2D eigenvalue weighted by Crippen LogP contribution is -2.48. The predicted octanol–water partition coefficient (Wildman–Crippen LogP) is 3.53. The average molecular weight is 471 g/mol. The predicted molar refractivity (Wildman–Crippen MR) is 131 cm³/mol. The topological polar surface area (TPSA) is 62.2 Å². The van der Waals surface area contributed by atoms with Gasteiger partial charge in [0.25, 0.3) is 0 Å². The van der Waals surface area contributed by atoms with E-state index in [1.807, 2.05) is 35.2 Å². The smallest absolute Gasteiger partial charge is 0.237 e. The van der Waals surface area contributed by atoms with Crippen LogP contribution in [0.5, 0.6) is 5.75 Å². The lowest BCUT2D eigenvalue weighted by molar-refractivity contribution is -0.136. The summed E-state index contributed by atoms with van der Waals surface area (Å²) in [7, 11) is 0. The quantitative estimate of drug-likeness (QED) is 0.359. The van der Waals surface area contributed by atoms with E-state index in [0.717, 1.165) is 18.7 Å². The number of thiophene rings is 1. The molecular formula is C26H34N2O4S. The van der Waals surface area contributed by atoms with Crippen molar-refractivity contribution in [2.24, 2.45) is 5.92 Å². The number of benzene rings is 1. The molecule has 6 nitrogen and oxygen atoms in total. The zero-order chi connectivity index (χ0) is 23.0. The van der Waals surface area contributed by atoms with Gasteiger partial charge < -0.3 is 19.5 Å². The summed E-state index contributed by atoms with van der Waals surface area (Å²) >= 11 is 1.76. The molecule has 1 N–H and O–H groups in total. The SMILES string of the molecule is C=CCOC[C@H](O)CN(CC(=O)N1CCc2sccc2[C@H]1COc1ccccc1)CC1CC1. The van der Waals surface area contributed by atoms with Gasteiger partial charge >= 0.3 is 0 Å². The molecule has 0 saturated heterocycles. The largest absolute Gasteiger partial charge is 0.491 e. The maximum Gasteiger partial charge on any atom is 0.237 e. The first kappa shape index (κ1) is 24.0. The van der Waals surface area contributed by atoms with Crippen molar-refractivity contribution in [2.45, 2.75) is 31.4 Å². The first-order chi connectivity index (χ1) is 16.1. The van der Waals surface area contributed by atoms with Crippen LogP contribution in [-0.2, 0) is 16.0 Å². The van der Waals surface area contributed by atoms with Crippen LogP contribution >= 0.6 is 11.3 Å². The van der Waals surface area contributed by atoms with Crippen molar-refractivity contribution in [3.05, 3.63) is 64.9 Å². The number of ether oxygens (including phenoxy) is 2. The molecule has 2 atom stereocenters. The standard InChI is InChI=1S/C26H34N2O4S/c1-2-13-31-18-21(29)16-27(15-20-8-9-20)17-26(30)28-12-10-25-23(11-14-33-25)24(28)19-32-22-6-4-3-5-7-22/h2-7,11,14,20-21,24,29H,1,8-10,12-13,15-19H2/t21-,24-/m1/s1. The van der Waals surface area contributed by atoms with Gasteiger partial charge in [0.1, 0.15) is 12.4 Å². The number of fused-ring (bicyclic) bond motifs is 1. The third-order valence-electron chi connectivity index (χ3n) is 6.15. The average Bonchev–Trinajstić information content (AvgIpc) is 3.50. The van der Waals surface area contributed by atoms with Gasteiger partial charge in [0.2, 0.25) is 5.91 Å². The summed E-state index contributed by atoms with van der Waals surface area (Å²) in [6.07, 6.45) is 4.32. The van der Waals surface area contributed by atoms with Gasteiger partial charge in [0, 0.05) is 24.5 Å². The van der Waals surface area contributed by atoms with Crippen molar-refractivity contribution < 1.29 is 19.4 Å². The Hall–Kier alpha value is -2.19. The molecule has 178 valence electrons. The van der Waals surface area contributed by atoms with Crippen LogP contribution < -0.4 is 4.74 Å². The Labute approximate surface area is 200 Å². The molecule has 1 aliphatic heterocycles. The fraction of sp³-hybridized carbons (Fsp3) is 0.500. The Bertz CT molecular complexity index is 899. The third kappa shape index (κ3) is 6.90. The normalized spacial score (nSPS) is 18.7. The second kappa shape index (κ2) is 11.8. The number of hydrogen-bond donors (Lipinski definition) is 1. The van der Waals surface area contributed by atoms with Crippen LogP contribution in [0.3, 0.4) is 0 Å². The van der Waals surface area contributed by atoms with Gasteiger partial charge in [-0.2, -0.15) is 0 Å². The number of carbonyl (C=O) groups is 1. The van der Waals surface area contributed by atoms with E-state index in [4.69, 9.17) is 9.47 Å². The summed E-state index contributed by atoms with van der Waals surface area (Å²) in [4.78, 5) is 18.9. The molecule has 0 unspecified atom stereocenters. The van der Waals surface area contributed by atoms with E-state index in [-0.39, 0.29) is 18.6 Å². The van der Waals surface area contributed by atoms with Gasteiger partial charge in [-0.1, -0.05) is 24.3 Å². The molecule has 2 heterocycles. The molecule has 1 aromatic carbocycles. The highest BCUT2D eigenvalue weighted by Gasteiger charge is 2.34. The van der Waals surface area contributed by atoms with Crippen molar-refractivity contribution in [2.75, 3.05) is 46.0 Å². The number of nitrogens with zero attached hydrogens (tertiary/aromatic N) is 2. The Morgan fingerprint density at radius 3 is 2.88 bits per heavy atom. The minimum absolute atomic E-state index is 0.0911. The minimum atomic E-state index is -0.626. The molecule has 2 aliphatic rings. The molecular weight excluding hydrogens is 436 g/mol. The van der Waals surface area contributed by atoms with E-state index in [1.54, 1.807) is 17.4 Å². The lowest BCUT2D eigenvalue weighted by Gasteiger charge is -2.37. The molecule has 4 rings (SSSR count). The zero-order valence-corrected chi connectivity index (χ0v) is 19.9. The van der Waals surface area contributed by atoms with Crippen LogP contribution in [0.4, 0.5) is 0 Å². The van der Waals surface area contributed by atoms with E-state index < -0.39 is 6.10 Å². The van der Waals surface area contributed by atoms with E-state index >= 15 is 0 Å². The number of hydrogen-bond acceptors (Lipinski definition) is 6. The lowest BCUT2D eigenvalue weighted by atomic mass is 10.0. The fourth-order valence-electron chi connectivity index (χ4n) is 4.36. The highest BCUT2D eigenvalue weighted by Crippen LogP contribution is 2.34. The van der Waals surface area contributed by atoms with Crippen LogP contribution in [0, 0.1) is 5.92 Å². The molecule has 33 heavy (non-hydrogen) atoms. The molecule has 0 bridgehead atoms. The number of amides is 1. The summed E-state index contributed by atoms with van der Waals surface area (Å²) < 4.78 is 11.5. The molecule has 1 aromatic heterocycles. The zero-order valence-electron chi connectivity index (χ0n) is 19.1. The van der Waals surface area contributed by atoms with Gasteiger partial charge in [-0.25, -0.2) is 0 Å². The van der Waals surface area contributed by atoms with Crippen molar-refractivity contribution >= 4 is 17.2 Å². The molecule has 7 heteroatoms. The molecule has 1 saturated carbocycles.